The van der Waals surface area contributed by atoms with Crippen molar-refractivity contribution in [2.75, 3.05) is 17.2 Å². The van der Waals surface area contributed by atoms with Gasteiger partial charge in [0.05, 0.1) is 0 Å². The molecule has 0 saturated heterocycles. The molecule has 94 valence electrons. The molecule has 2 rings (SSSR count). The Morgan fingerprint density at radius 1 is 1.17 bits per heavy atom. The van der Waals surface area contributed by atoms with Crippen LogP contribution >= 0.6 is 11.6 Å². The molecule has 18 heavy (non-hydrogen) atoms. The molecule has 5 heteroatoms. The Kier molecular flexibility index (Phi) is 3.99. The number of nitrogens with zero attached hydrogens (tertiary/aromatic N) is 2. The van der Waals surface area contributed by atoms with E-state index in [0.29, 0.717) is 0 Å². The summed E-state index contributed by atoms with van der Waals surface area (Å²) in [6.45, 7) is 4.82. The normalized spacial score (nSPS) is 10.2. The predicted octanol–water partition coefficient (Wildman–Crippen LogP) is 3.61. The first-order valence-electron chi connectivity index (χ1n) is 5.78. The quantitative estimate of drug-likeness (QED) is 0.884. The van der Waals surface area contributed by atoms with Gasteiger partial charge < -0.3 is 10.6 Å². The zero-order valence-electron chi connectivity index (χ0n) is 10.4. The molecule has 0 saturated carbocycles. The Morgan fingerprint density at radius 2 is 1.94 bits per heavy atom. The second-order valence-corrected chi connectivity index (χ2v) is 4.31. The molecule has 0 radical (unpaired) electrons. The van der Waals surface area contributed by atoms with E-state index in [9.17, 15) is 0 Å². The van der Waals surface area contributed by atoms with Gasteiger partial charge in [-0.15, -0.1) is 0 Å². The van der Waals surface area contributed by atoms with Crippen molar-refractivity contribution in [3.8, 4) is 0 Å². The molecule has 1 aromatic carbocycles. The fraction of sp³-hybridized carbons (Fsp3) is 0.231. The lowest BCUT2D eigenvalue weighted by Crippen LogP contribution is -2.01. The summed E-state index contributed by atoms with van der Waals surface area (Å²) in [5.74, 6) is 1.54. The molecule has 4 nitrogen and oxygen atoms in total. The molecule has 0 aliphatic carbocycles. The van der Waals surface area contributed by atoms with Gasteiger partial charge in [0, 0.05) is 23.3 Å². The number of aromatic nitrogens is 2. The smallest absolute Gasteiger partial charge is 0.135 e. The van der Waals surface area contributed by atoms with Crippen molar-refractivity contribution in [1.82, 2.24) is 9.97 Å². The zero-order chi connectivity index (χ0) is 13.0. The van der Waals surface area contributed by atoms with Crippen molar-refractivity contribution in [2.24, 2.45) is 0 Å². The first-order chi connectivity index (χ1) is 8.69. The zero-order valence-corrected chi connectivity index (χ0v) is 11.1. The van der Waals surface area contributed by atoms with Crippen LogP contribution in [-0.2, 0) is 0 Å². The second kappa shape index (κ2) is 5.69. The van der Waals surface area contributed by atoms with Crippen LogP contribution in [0.4, 0.5) is 17.3 Å². The highest BCUT2D eigenvalue weighted by Crippen LogP contribution is 2.22. The first-order valence-corrected chi connectivity index (χ1v) is 6.16. The third-order valence-corrected chi connectivity index (χ3v) is 2.88. The molecule has 0 fully saturated rings. The molecule has 2 aromatic rings. The van der Waals surface area contributed by atoms with Crippen LogP contribution < -0.4 is 10.6 Å². The second-order valence-electron chi connectivity index (χ2n) is 3.91. The maximum absolute atomic E-state index is 6.08. The third-order valence-electron chi connectivity index (χ3n) is 2.47. The van der Waals surface area contributed by atoms with Crippen molar-refractivity contribution < 1.29 is 0 Å². The van der Waals surface area contributed by atoms with Crippen molar-refractivity contribution in [2.45, 2.75) is 13.8 Å². The van der Waals surface area contributed by atoms with Gasteiger partial charge >= 0.3 is 0 Å². The van der Waals surface area contributed by atoms with E-state index >= 15 is 0 Å². The van der Waals surface area contributed by atoms with Gasteiger partial charge in [-0.25, -0.2) is 9.97 Å². The van der Waals surface area contributed by atoms with Crippen LogP contribution in [-0.4, -0.2) is 16.5 Å². The van der Waals surface area contributed by atoms with Crippen LogP contribution in [0.2, 0.25) is 5.02 Å². The average molecular weight is 263 g/mol. The predicted molar refractivity (Wildman–Crippen MR) is 75.7 cm³/mol. The van der Waals surface area contributed by atoms with Crippen LogP contribution in [0, 0.1) is 6.92 Å². The van der Waals surface area contributed by atoms with Crippen molar-refractivity contribution in [1.29, 1.82) is 0 Å². The maximum Gasteiger partial charge on any atom is 0.135 e. The number of nitrogens with one attached hydrogen (secondary N) is 2. The minimum absolute atomic E-state index is 0.737. The summed E-state index contributed by atoms with van der Waals surface area (Å²) in [6, 6.07) is 7.68. The number of aryl methyl sites for hydroxylation is 1. The fourth-order valence-electron chi connectivity index (χ4n) is 1.52. The fourth-order valence-corrected chi connectivity index (χ4v) is 1.70. The first kappa shape index (κ1) is 12.6. The Balaban J connectivity index is 2.17. The molecule has 0 amide bonds. The van der Waals surface area contributed by atoms with E-state index in [1.165, 1.54) is 6.33 Å². The lowest BCUT2D eigenvalue weighted by atomic mass is 10.2. The van der Waals surface area contributed by atoms with Gasteiger partial charge in [0.1, 0.15) is 18.0 Å². The molecular formula is C13H15ClN4. The number of halogens is 1. The van der Waals surface area contributed by atoms with Gasteiger partial charge in [-0.3, -0.25) is 0 Å². The molecule has 0 aliphatic rings. The van der Waals surface area contributed by atoms with Crippen molar-refractivity contribution in [3.63, 3.8) is 0 Å². The van der Waals surface area contributed by atoms with Crippen LogP contribution in [0.15, 0.2) is 30.6 Å². The van der Waals surface area contributed by atoms with Gasteiger partial charge in [-0.1, -0.05) is 17.7 Å². The number of hydrogen-bond donors (Lipinski definition) is 2. The van der Waals surface area contributed by atoms with Crippen LogP contribution in [0.5, 0.6) is 0 Å². The summed E-state index contributed by atoms with van der Waals surface area (Å²) >= 11 is 6.08. The third kappa shape index (κ3) is 3.11. The van der Waals surface area contributed by atoms with Gasteiger partial charge in [0.2, 0.25) is 0 Å². The Morgan fingerprint density at radius 3 is 2.67 bits per heavy atom. The Labute approximate surface area is 111 Å². The minimum atomic E-state index is 0.737. The minimum Gasteiger partial charge on any atom is -0.370 e. The molecule has 0 unspecified atom stereocenters. The SMILES string of the molecule is CCNc1cc(Nc2ccc(C)c(Cl)c2)ncn1. The van der Waals surface area contributed by atoms with E-state index in [-0.39, 0.29) is 0 Å². The Bertz CT molecular complexity index is 542. The maximum atomic E-state index is 6.08. The van der Waals surface area contributed by atoms with E-state index in [4.69, 9.17) is 11.6 Å². The van der Waals surface area contributed by atoms with E-state index < -0.39 is 0 Å². The van der Waals surface area contributed by atoms with E-state index in [0.717, 1.165) is 34.5 Å². The number of hydrogen-bond acceptors (Lipinski definition) is 4. The molecule has 2 N–H and O–H groups in total. The van der Waals surface area contributed by atoms with Gasteiger partial charge in [-0.05, 0) is 31.5 Å². The Hall–Kier alpha value is -1.81. The molecule has 0 spiro atoms. The number of rotatable bonds is 4. The van der Waals surface area contributed by atoms with Gasteiger partial charge in [0.15, 0.2) is 0 Å². The standard InChI is InChI=1S/C13H15ClN4/c1-3-15-12-7-13(17-8-16-12)18-10-5-4-9(2)11(14)6-10/h4-8H,3H2,1-2H3,(H2,15,16,17,18). The molecule has 0 atom stereocenters. The summed E-state index contributed by atoms with van der Waals surface area (Å²) in [7, 11) is 0. The van der Waals surface area contributed by atoms with Crippen molar-refractivity contribution in [3.05, 3.63) is 41.2 Å². The summed E-state index contributed by atoms with van der Waals surface area (Å²) < 4.78 is 0. The van der Waals surface area contributed by atoms with Gasteiger partial charge in [-0.2, -0.15) is 0 Å². The van der Waals surface area contributed by atoms with E-state index in [1.807, 2.05) is 38.1 Å². The topological polar surface area (TPSA) is 49.8 Å². The summed E-state index contributed by atoms with van der Waals surface area (Å²) in [5.41, 5.74) is 1.96. The molecule has 1 aromatic heterocycles. The summed E-state index contributed by atoms with van der Waals surface area (Å²) in [5, 5.41) is 7.07. The monoisotopic (exact) mass is 262 g/mol. The van der Waals surface area contributed by atoms with Crippen LogP contribution in [0.1, 0.15) is 12.5 Å². The lowest BCUT2D eigenvalue weighted by molar-refractivity contribution is 1.11. The molecule has 1 heterocycles. The lowest BCUT2D eigenvalue weighted by Gasteiger charge is -2.08. The van der Waals surface area contributed by atoms with E-state index in [1.54, 1.807) is 0 Å². The highest BCUT2D eigenvalue weighted by molar-refractivity contribution is 6.31. The molecule has 0 bridgehead atoms. The molecule has 0 aliphatic heterocycles. The molecular weight excluding hydrogens is 248 g/mol. The average Bonchev–Trinajstić information content (AvgIpc) is 2.35. The largest absolute Gasteiger partial charge is 0.370 e. The number of anilines is 3. The summed E-state index contributed by atoms with van der Waals surface area (Å²) in [6.07, 6.45) is 1.52. The number of benzene rings is 1. The van der Waals surface area contributed by atoms with E-state index in [2.05, 4.69) is 20.6 Å². The van der Waals surface area contributed by atoms with Crippen molar-refractivity contribution >= 4 is 28.9 Å². The van der Waals surface area contributed by atoms with Gasteiger partial charge in [0.25, 0.3) is 0 Å². The highest BCUT2D eigenvalue weighted by atomic mass is 35.5. The highest BCUT2D eigenvalue weighted by Gasteiger charge is 2.01. The summed E-state index contributed by atoms with van der Waals surface area (Å²) in [4.78, 5) is 8.28. The van der Waals surface area contributed by atoms with Crippen LogP contribution in [0.25, 0.3) is 0 Å². The van der Waals surface area contributed by atoms with Crippen LogP contribution in [0.3, 0.4) is 0 Å².